The molecule has 1 fully saturated rings. The van der Waals surface area contributed by atoms with E-state index in [1.807, 2.05) is 4.98 Å². The van der Waals surface area contributed by atoms with Crippen LogP contribution in [0.15, 0.2) is 22.4 Å². The SMILES string of the molecule is C=Cc1cn([C@@H]2O[C@H](CP(=O)(OC)OC)[C@@H](O)C2(F)F)c(=O)[nH]c1=O. The second-order valence-electron chi connectivity index (χ2n) is 5.26. The number of hydrogen-bond acceptors (Lipinski definition) is 7. The summed E-state index contributed by atoms with van der Waals surface area (Å²) < 4.78 is 55.7. The van der Waals surface area contributed by atoms with Crippen molar-refractivity contribution in [2.45, 2.75) is 24.4 Å². The fourth-order valence-corrected chi connectivity index (χ4v) is 3.56. The number of aliphatic hydroxyl groups is 1. The highest BCUT2D eigenvalue weighted by Crippen LogP contribution is 2.52. The molecule has 0 radical (unpaired) electrons. The molecule has 1 saturated heterocycles. The van der Waals surface area contributed by atoms with Gasteiger partial charge in [-0.3, -0.25) is 18.9 Å². The van der Waals surface area contributed by atoms with Crippen molar-refractivity contribution < 1.29 is 32.2 Å². The molecule has 12 heteroatoms. The lowest BCUT2D eigenvalue weighted by Gasteiger charge is -2.21. The number of aliphatic hydroxyl groups excluding tert-OH is 1. The number of aromatic nitrogens is 2. The third-order valence-corrected chi connectivity index (χ3v) is 5.73. The number of ether oxygens (including phenoxy) is 1. The van der Waals surface area contributed by atoms with E-state index in [1.54, 1.807) is 0 Å². The summed E-state index contributed by atoms with van der Waals surface area (Å²) in [6, 6.07) is 0. The van der Waals surface area contributed by atoms with Crippen LogP contribution >= 0.6 is 7.60 Å². The van der Waals surface area contributed by atoms with E-state index in [0.29, 0.717) is 4.57 Å². The minimum absolute atomic E-state index is 0.142. The van der Waals surface area contributed by atoms with Crippen molar-refractivity contribution in [3.63, 3.8) is 0 Å². The van der Waals surface area contributed by atoms with Gasteiger partial charge in [-0.15, -0.1) is 0 Å². The first kappa shape index (κ1) is 19.7. The van der Waals surface area contributed by atoms with Gasteiger partial charge in [0.1, 0.15) is 12.2 Å². The lowest BCUT2D eigenvalue weighted by molar-refractivity contribution is -0.140. The second-order valence-corrected chi connectivity index (χ2v) is 7.58. The molecule has 0 saturated carbocycles. The molecule has 0 spiro atoms. The van der Waals surface area contributed by atoms with E-state index >= 15 is 0 Å². The van der Waals surface area contributed by atoms with Crippen LogP contribution in [0.25, 0.3) is 6.08 Å². The van der Waals surface area contributed by atoms with Crippen LogP contribution in [0.1, 0.15) is 11.8 Å². The predicted molar refractivity (Wildman–Crippen MR) is 82.8 cm³/mol. The average molecular weight is 382 g/mol. The molecule has 1 aromatic rings. The first-order valence-corrected chi connectivity index (χ1v) is 8.72. The Bertz CT molecular complexity index is 813. The normalized spacial score (nSPS) is 25.9. The molecule has 2 heterocycles. The van der Waals surface area contributed by atoms with Crippen molar-refractivity contribution in [2.75, 3.05) is 20.4 Å². The number of aromatic amines is 1. The molecular weight excluding hydrogens is 365 g/mol. The van der Waals surface area contributed by atoms with Crippen LogP contribution in [-0.2, 0) is 18.3 Å². The first-order chi connectivity index (χ1) is 11.6. The highest BCUT2D eigenvalue weighted by atomic mass is 31.2. The van der Waals surface area contributed by atoms with Crippen LogP contribution in [0.5, 0.6) is 0 Å². The summed E-state index contributed by atoms with van der Waals surface area (Å²) in [5.41, 5.74) is -2.11. The third-order valence-electron chi connectivity index (χ3n) is 3.81. The highest BCUT2D eigenvalue weighted by Gasteiger charge is 2.60. The van der Waals surface area contributed by atoms with Gasteiger partial charge >= 0.3 is 19.2 Å². The Labute approximate surface area is 140 Å². The van der Waals surface area contributed by atoms with Crippen LogP contribution in [-0.4, -0.2) is 53.2 Å². The Morgan fingerprint density at radius 2 is 2.08 bits per heavy atom. The van der Waals surface area contributed by atoms with Gasteiger partial charge in [-0.2, -0.15) is 8.78 Å². The Kier molecular flexibility index (Phi) is 5.45. The molecule has 2 rings (SSSR count). The van der Waals surface area contributed by atoms with E-state index in [9.17, 15) is 28.0 Å². The average Bonchev–Trinajstić information content (AvgIpc) is 2.78. The van der Waals surface area contributed by atoms with Gasteiger partial charge in [0.25, 0.3) is 5.56 Å². The van der Waals surface area contributed by atoms with Crippen LogP contribution < -0.4 is 11.2 Å². The molecule has 3 atom stereocenters. The van der Waals surface area contributed by atoms with Crippen molar-refractivity contribution in [2.24, 2.45) is 0 Å². The van der Waals surface area contributed by atoms with Gasteiger partial charge in [-0.05, 0) is 0 Å². The zero-order chi connectivity index (χ0) is 19.0. The zero-order valence-corrected chi connectivity index (χ0v) is 14.2. The summed E-state index contributed by atoms with van der Waals surface area (Å²) in [7, 11) is -1.64. The van der Waals surface area contributed by atoms with Crippen molar-refractivity contribution in [1.82, 2.24) is 9.55 Å². The Morgan fingerprint density at radius 3 is 2.60 bits per heavy atom. The third kappa shape index (κ3) is 3.51. The first-order valence-electron chi connectivity index (χ1n) is 6.99. The summed E-state index contributed by atoms with van der Waals surface area (Å²) in [6.45, 7) is 3.34. The molecule has 1 aliphatic rings. The number of halogens is 2. The van der Waals surface area contributed by atoms with Crippen LogP contribution in [0, 0.1) is 0 Å². The van der Waals surface area contributed by atoms with Crippen LogP contribution in [0.4, 0.5) is 8.78 Å². The molecule has 0 aromatic carbocycles. The molecule has 9 nitrogen and oxygen atoms in total. The standard InChI is InChI=1S/C13H17F2N2O7P/c1-4-7-5-17(12(20)16-10(7)19)11-13(14,15)9(18)8(24-11)6-25(21,22-2)23-3/h4-5,8-9,11,18H,1,6H2,2-3H3,(H,16,19,20)/t8-,9-,11-/m1/s1. The largest absolute Gasteiger partial charge is 0.384 e. The number of nitrogens with zero attached hydrogens (tertiary/aromatic N) is 1. The molecular formula is C13H17F2N2O7P. The van der Waals surface area contributed by atoms with Crippen molar-refractivity contribution in [3.8, 4) is 0 Å². The molecule has 140 valence electrons. The molecule has 1 aliphatic heterocycles. The summed E-state index contributed by atoms with van der Waals surface area (Å²) in [4.78, 5) is 25.2. The molecule has 0 unspecified atom stereocenters. The van der Waals surface area contributed by atoms with E-state index in [0.717, 1.165) is 26.5 Å². The smallest absolute Gasteiger partial charge is 0.332 e. The summed E-state index contributed by atoms with van der Waals surface area (Å²) in [5.74, 6) is -3.91. The Morgan fingerprint density at radius 1 is 1.48 bits per heavy atom. The summed E-state index contributed by atoms with van der Waals surface area (Å²) >= 11 is 0. The van der Waals surface area contributed by atoms with Gasteiger partial charge in [0, 0.05) is 20.4 Å². The number of H-pyrrole nitrogens is 1. The van der Waals surface area contributed by atoms with E-state index in [-0.39, 0.29) is 5.56 Å². The van der Waals surface area contributed by atoms with Crippen molar-refractivity contribution in [3.05, 3.63) is 39.2 Å². The van der Waals surface area contributed by atoms with Gasteiger partial charge in [0.05, 0.1) is 11.7 Å². The van der Waals surface area contributed by atoms with Gasteiger partial charge in [-0.1, -0.05) is 12.7 Å². The molecule has 2 N–H and O–H groups in total. The van der Waals surface area contributed by atoms with Crippen LogP contribution in [0.3, 0.4) is 0 Å². The number of nitrogens with one attached hydrogen (secondary N) is 1. The fraction of sp³-hybridized carbons (Fsp3) is 0.538. The van der Waals surface area contributed by atoms with Gasteiger partial charge in [0.2, 0.25) is 6.23 Å². The summed E-state index contributed by atoms with van der Waals surface area (Å²) in [6.07, 6.45) is -4.97. The number of rotatable bonds is 6. The molecule has 25 heavy (non-hydrogen) atoms. The fourth-order valence-electron chi connectivity index (χ4n) is 2.38. The summed E-state index contributed by atoms with van der Waals surface area (Å²) in [5, 5.41) is 9.86. The monoisotopic (exact) mass is 382 g/mol. The molecule has 1 aromatic heterocycles. The molecule has 0 bridgehead atoms. The topological polar surface area (TPSA) is 120 Å². The van der Waals surface area contributed by atoms with E-state index in [4.69, 9.17) is 4.74 Å². The Hall–Kier alpha value is -1.65. The van der Waals surface area contributed by atoms with Crippen molar-refractivity contribution >= 4 is 13.7 Å². The lowest BCUT2D eigenvalue weighted by Crippen LogP contribution is -2.43. The van der Waals surface area contributed by atoms with E-state index in [2.05, 4.69) is 15.6 Å². The molecule has 0 amide bonds. The maximum absolute atomic E-state index is 14.4. The minimum Gasteiger partial charge on any atom is -0.384 e. The Balaban J connectivity index is 2.44. The van der Waals surface area contributed by atoms with Gasteiger partial charge in [-0.25, -0.2) is 4.79 Å². The second kappa shape index (κ2) is 6.93. The maximum Gasteiger partial charge on any atom is 0.332 e. The maximum atomic E-state index is 14.4. The minimum atomic E-state index is -3.91. The predicted octanol–water partition coefficient (Wildman–Crippen LogP) is 0.559. The quantitative estimate of drug-likeness (QED) is 0.690. The highest BCUT2D eigenvalue weighted by molar-refractivity contribution is 7.53. The number of hydrogen-bond donors (Lipinski definition) is 2. The number of alkyl halides is 2. The van der Waals surface area contributed by atoms with E-state index < -0.39 is 49.4 Å². The van der Waals surface area contributed by atoms with Crippen molar-refractivity contribution in [1.29, 1.82) is 0 Å². The van der Waals surface area contributed by atoms with E-state index in [1.165, 1.54) is 0 Å². The van der Waals surface area contributed by atoms with Gasteiger partial charge < -0.3 is 18.9 Å². The van der Waals surface area contributed by atoms with Gasteiger partial charge in [0.15, 0.2) is 0 Å². The molecule has 0 aliphatic carbocycles. The lowest BCUT2D eigenvalue weighted by atomic mass is 10.1. The van der Waals surface area contributed by atoms with Crippen LogP contribution in [0.2, 0.25) is 0 Å². The zero-order valence-electron chi connectivity index (χ0n) is 13.3.